The highest BCUT2D eigenvalue weighted by Gasteiger charge is 2.21. The summed E-state index contributed by atoms with van der Waals surface area (Å²) in [4.78, 5) is 26.4. The fraction of sp³-hybridized carbons (Fsp3) is 0.417. The Morgan fingerprint density at radius 2 is 2.00 bits per heavy atom. The van der Waals surface area contributed by atoms with Crippen molar-refractivity contribution in [3.05, 3.63) is 23.4 Å². The van der Waals surface area contributed by atoms with Crippen molar-refractivity contribution in [2.75, 3.05) is 5.32 Å². The van der Waals surface area contributed by atoms with Gasteiger partial charge in [0.1, 0.15) is 5.82 Å². The van der Waals surface area contributed by atoms with E-state index in [2.05, 4.69) is 10.3 Å². The number of nitrogens with one attached hydrogen (secondary N) is 1. The van der Waals surface area contributed by atoms with Crippen LogP contribution in [0.25, 0.3) is 0 Å². The summed E-state index contributed by atoms with van der Waals surface area (Å²) in [6, 6.07) is 3.27. The minimum absolute atomic E-state index is 0.0988. The average molecular weight is 220 g/mol. The van der Waals surface area contributed by atoms with Crippen LogP contribution in [0.2, 0.25) is 0 Å². The van der Waals surface area contributed by atoms with Crippen molar-refractivity contribution in [1.29, 1.82) is 0 Å². The first-order valence-electron chi connectivity index (χ1n) is 5.09. The van der Waals surface area contributed by atoms with Gasteiger partial charge in [-0.2, -0.15) is 0 Å². The molecular formula is C12H16N2O2. The predicted octanol–water partition coefficient (Wildman–Crippen LogP) is 2.19. The van der Waals surface area contributed by atoms with Gasteiger partial charge in [0.2, 0.25) is 5.91 Å². The first-order chi connectivity index (χ1) is 7.34. The zero-order valence-electron chi connectivity index (χ0n) is 10.00. The van der Waals surface area contributed by atoms with Crippen LogP contribution in [0.1, 0.15) is 36.8 Å². The Morgan fingerprint density at radius 3 is 2.44 bits per heavy atom. The topological polar surface area (TPSA) is 59.1 Å². The number of carbonyl (C=O) groups is 2. The molecule has 1 rings (SSSR count). The Morgan fingerprint density at radius 1 is 1.38 bits per heavy atom. The number of aryl methyl sites for hydroxylation is 1. The number of pyridine rings is 1. The first-order valence-corrected chi connectivity index (χ1v) is 5.09. The second-order valence-corrected chi connectivity index (χ2v) is 4.69. The van der Waals surface area contributed by atoms with Crippen LogP contribution in [-0.2, 0) is 4.79 Å². The van der Waals surface area contributed by atoms with Crippen molar-refractivity contribution < 1.29 is 9.59 Å². The van der Waals surface area contributed by atoms with Crippen LogP contribution in [-0.4, -0.2) is 17.2 Å². The highest BCUT2D eigenvalue weighted by Crippen LogP contribution is 2.16. The minimum atomic E-state index is -0.459. The van der Waals surface area contributed by atoms with Crippen LogP contribution in [0.5, 0.6) is 0 Å². The van der Waals surface area contributed by atoms with Crippen molar-refractivity contribution in [3.63, 3.8) is 0 Å². The summed E-state index contributed by atoms with van der Waals surface area (Å²) in [6.07, 6.45) is 0.748. The van der Waals surface area contributed by atoms with Gasteiger partial charge in [-0.05, 0) is 19.1 Å². The second-order valence-electron chi connectivity index (χ2n) is 4.69. The van der Waals surface area contributed by atoms with Gasteiger partial charge >= 0.3 is 0 Å². The van der Waals surface area contributed by atoms with Crippen molar-refractivity contribution >= 4 is 18.0 Å². The van der Waals surface area contributed by atoms with Crippen LogP contribution in [0, 0.1) is 12.3 Å². The van der Waals surface area contributed by atoms with E-state index in [0.717, 1.165) is 6.29 Å². The van der Waals surface area contributed by atoms with Crippen molar-refractivity contribution in [3.8, 4) is 0 Å². The largest absolute Gasteiger partial charge is 0.310 e. The van der Waals surface area contributed by atoms with Gasteiger partial charge in [0.15, 0.2) is 6.29 Å². The van der Waals surface area contributed by atoms with Crippen LogP contribution < -0.4 is 5.32 Å². The Balaban J connectivity index is 2.88. The standard InChI is InChI=1S/C12H16N2O2/c1-8-9(7-15)5-6-10(13-8)14-11(16)12(2,3)4/h5-7H,1-4H3,(H,13,14,16). The molecule has 0 aromatic carbocycles. The Bertz CT molecular complexity index is 420. The molecule has 1 N–H and O–H groups in total. The Labute approximate surface area is 95.1 Å². The van der Waals surface area contributed by atoms with Crippen molar-refractivity contribution in [2.45, 2.75) is 27.7 Å². The number of aldehydes is 1. The average Bonchev–Trinajstić information content (AvgIpc) is 2.16. The fourth-order valence-corrected chi connectivity index (χ4v) is 1.07. The lowest BCUT2D eigenvalue weighted by Crippen LogP contribution is -2.28. The third kappa shape index (κ3) is 2.89. The van der Waals surface area contributed by atoms with E-state index >= 15 is 0 Å². The number of hydrogen-bond donors (Lipinski definition) is 1. The molecule has 1 aromatic heterocycles. The maximum atomic E-state index is 11.7. The van der Waals surface area contributed by atoms with Gasteiger partial charge in [0.25, 0.3) is 0 Å². The molecule has 86 valence electrons. The lowest BCUT2D eigenvalue weighted by Gasteiger charge is -2.17. The molecule has 16 heavy (non-hydrogen) atoms. The normalized spacial score (nSPS) is 11.0. The minimum Gasteiger partial charge on any atom is -0.310 e. The van der Waals surface area contributed by atoms with Gasteiger partial charge in [-0.15, -0.1) is 0 Å². The first kappa shape index (κ1) is 12.4. The highest BCUT2D eigenvalue weighted by atomic mass is 16.2. The van der Waals surface area contributed by atoms with Crippen LogP contribution in [0.4, 0.5) is 5.82 Å². The lowest BCUT2D eigenvalue weighted by molar-refractivity contribution is -0.123. The molecule has 0 radical (unpaired) electrons. The summed E-state index contributed by atoms with van der Waals surface area (Å²) in [5.74, 6) is 0.376. The number of aromatic nitrogens is 1. The van der Waals surface area contributed by atoms with Gasteiger partial charge in [-0.25, -0.2) is 4.98 Å². The third-order valence-electron chi connectivity index (χ3n) is 2.18. The summed E-state index contributed by atoms with van der Waals surface area (Å²) in [5.41, 5.74) is 0.689. The molecule has 0 saturated carbocycles. The number of anilines is 1. The SMILES string of the molecule is Cc1nc(NC(=O)C(C)(C)C)ccc1C=O. The smallest absolute Gasteiger partial charge is 0.230 e. The monoisotopic (exact) mass is 220 g/mol. The van der Waals surface area contributed by atoms with Crippen LogP contribution in [0.15, 0.2) is 12.1 Å². The summed E-state index contributed by atoms with van der Waals surface area (Å²) in [7, 11) is 0. The van der Waals surface area contributed by atoms with E-state index in [1.54, 1.807) is 19.1 Å². The zero-order valence-corrected chi connectivity index (χ0v) is 10.00. The number of rotatable bonds is 2. The second kappa shape index (κ2) is 4.43. The molecule has 0 atom stereocenters. The third-order valence-corrected chi connectivity index (χ3v) is 2.18. The molecule has 4 nitrogen and oxygen atoms in total. The number of nitrogens with zero attached hydrogens (tertiary/aromatic N) is 1. The van der Waals surface area contributed by atoms with E-state index in [1.165, 1.54) is 0 Å². The van der Waals surface area contributed by atoms with E-state index in [0.29, 0.717) is 17.1 Å². The van der Waals surface area contributed by atoms with E-state index in [-0.39, 0.29) is 5.91 Å². The van der Waals surface area contributed by atoms with E-state index in [1.807, 2.05) is 20.8 Å². The van der Waals surface area contributed by atoms with Crippen molar-refractivity contribution in [1.82, 2.24) is 4.98 Å². The summed E-state index contributed by atoms with van der Waals surface area (Å²) < 4.78 is 0. The van der Waals surface area contributed by atoms with Gasteiger partial charge in [-0.1, -0.05) is 20.8 Å². The predicted molar refractivity (Wildman–Crippen MR) is 62.4 cm³/mol. The number of hydrogen-bond acceptors (Lipinski definition) is 3. The maximum Gasteiger partial charge on any atom is 0.230 e. The molecule has 0 unspecified atom stereocenters. The zero-order chi connectivity index (χ0) is 12.3. The van der Waals surface area contributed by atoms with Gasteiger partial charge in [0, 0.05) is 11.0 Å². The molecule has 4 heteroatoms. The molecule has 1 heterocycles. The molecule has 0 aliphatic heterocycles. The number of amides is 1. The van der Waals surface area contributed by atoms with Gasteiger partial charge < -0.3 is 5.32 Å². The molecule has 1 amide bonds. The molecule has 0 bridgehead atoms. The lowest BCUT2D eigenvalue weighted by atomic mass is 9.96. The quantitative estimate of drug-likeness (QED) is 0.777. The summed E-state index contributed by atoms with van der Waals surface area (Å²) in [5, 5.41) is 2.71. The Hall–Kier alpha value is -1.71. The van der Waals surface area contributed by atoms with E-state index in [9.17, 15) is 9.59 Å². The molecule has 0 aliphatic carbocycles. The highest BCUT2D eigenvalue weighted by molar-refractivity contribution is 5.93. The molecule has 1 aromatic rings. The molecular weight excluding hydrogens is 204 g/mol. The summed E-state index contributed by atoms with van der Waals surface area (Å²) >= 11 is 0. The molecule has 0 saturated heterocycles. The number of carbonyl (C=O) groups excluding carboxylic acids is 2. The van der Waals surface area contributed by atoms with E-state index < -0.39 is 5.41 Å². The fourth-order valence-electron chi connectivity index (χ4n) is 1.07. The van der Waals surface area contributed by atoms with E-state index in [4.69, 9.17) is 0 Å². The van der Waals surface area contributed by atoms with Gasteiger partial charge in [-0.3, -0.25) is 9.59 Å². The molecule has 0 fully saturated rings. The molecule has 0 spiro atoms. The van der Waals surface area contributed by atoms with Crippen LogP contribution >= 0.6 is 0 Å². The Kier molecular flexibility index (Phi) is 3.42. The summed E-state index contributed by atoms with van der Waals surface area (Å²) in [6.45, 7) is 7.22. The van der Waals surface area contributed by atoms with Crippen LogP contribution in [0.3, 0.4) is 0 Å². The maximum absolute atomic E-state index is 11.7. The van der Waals surface area contributed by atoms with Crippen molar-refractivity contribution in [2.24, 2.45) is 5.41 Å². The molecule has 0 aliphatic rings. The van der Waals surface area contributed by atoms with Gasteiger partial charge in [0.05, 0.1) is 5.69 Å².